The fourth-order valence-corrected chi connectivity index (χ4v) is 2.17. The van der Waals surface area contributed by atoms with E-state index in [2.05, 4.69) is 0 Å². The van der Waals surface area contributed by atoms with Crippen LogP contribution in [0.4, 0.5) is 4.39 Å². The molecule has 2 amide bonds. The molecule has 5 nitrogen and oxygen atoms in total. The Morgan fingerprint density at radius 2 is 2.21 bits per heavy atom. The quantitative estimate of drug-likeness (QED) is 0.845. The second-order valence-electron chi connectivity index (χ2n) is 4.40. The number of alkyl halides is 1. The van der Waals surface area contributed by atoms with Crippen molar-refractivity contribution >= 4 is 11.8 Å². The molecule has 2 atom stereocenters. The molecule has 98 valence electrons. The van der Waals surface area contributed by atoms with Crippen LogP contribution in [0.1, 0.15) is 22.3 Å². The molecule has 0 aliphatic carbocycles. The molecule has 1 fully saturated rings. The first-order valence-electron chi connectivity index (χ1n) is 5.77. The monoisotopic (exact) mass is 261 g/mol. The van der Waals surface area contributed by atoms with Crippen molar-refractivity contribution < 1.29 is 14.0 Å². The molecule has 0 radical (unpaired) electrons. The predicted molar refractivity (Wildman–Crippen MR) is 64.7 cm³/mol. The number of benzene rings is 1. The van der Waals surface area contributed by atoms with Crippen LogP contribution in [-0.2, 0) is 4.79 Å². The second-order valence-corrected chi connectivity index (χ2v) is 4.40. The number of rotatable bonds is 2. The number of amides is 2. The minimum absolute atomic E-state index is 0.0704. The van der Waals surface area contributed by atoms with Crippen LogP contribution in [0.2, 0.25) is 0 Å². The van der Waals surface area contributed by atoms with E-state index in [0.29, 0.717) is 5.56 Å². The van der Waals surface area contributed by atoms with Crippen LogP contribution in [0.5, 0.6) is 0 Å². The summed E-state index contributed by atoms with van der Waals surface area (Å²) in [6.07, 6.45) is -1.32. The van der Waals surface area contributed by atoms with Crippen molar-refractivity contribution in [1.82, 2.24) is 4.90 Å². The molecule has 0 saturated carbocycles. The number of carbonyl (C=O) groups excluding carboxylic acids is 2. The van der Waals surface area contributed by atoms with Gasteiger partial charge in [-0.3, -0.25) is 9.59 Å². The number of primary amides is 1. The molecule has 0 unspecified atom stereocenters. The number of carbonyl (C=O) groups is 2. The number of halogens is 1. The zero-order chi connectivity index (χ0) is 14.0. The molecule has 2 rings (SSSR count). The van der Waals surface area contributed by atoms with Crippen molar-refractivity contribution in [3.63, 3.8) is 0 Å². The Labute approximate surface area is 109 Å². The van der Waals surface area contributed by atoms with Crippen LogP contribution in [0.25, 0.3) is 0 Å². The summed E-state index contributed by atoms with van der Waals surface area (Å²) in [6, 6.07) is 7.05. The van der Waals surface area contributed by atoms with E-state index in [1.54, 1.807) is 12.1 Å². The molecule has 1 aromatic rings. The Balaban J connectivity index is 2.28. The van der Waals surface area contributed by atoms with Gasteiger partial charge in [0.05, 0.1) is 18.2 Å². The van der Waals surface area contributed by atoms with Crippen LogP contribution in [0.3, 0.4) is 0 Å². The highest BCUT2D eigenvalue weighted by Gasteiger charge is 2.39. The maximum absolute atomic E-state index is 13.4. The van der Waals surface area contributed by atoms with E-state index in [0.717, 1.165) is 4.90 Å². The average Bonchev–Trinajstić information content (AvgIpc) is 2.80. The van der Waals surface area contributed by atoms with Crippen molar-refractivity contribution in [2.45, 2.75) is 18.6 Å². The van der Waals surface area contributed by atoms with Crippen LogP contribution in [-0.4, -0.2) is 35.5 Å². The summed E-state index contributed by atoms with van der Waals surface area (Å²) in [5, 5.41) is 8.78. The number of likely N-dealkylation sites (tertiary alicyclic amines) is 1. The van der Waals surface area contributed by atoms with Gasteiger partial charge in [-0.05, 0) is 18.2 Å². The molecule has 2 N–H and O–H groups in total. The third kappa shape index (κ3) is 2.55. The van der Waals surface area contributed by atoms with Gasteiger partial charge in [-0.25, -0.2) is 4.39 Å². The summed E-state index contributed by atoms with van der Waals surface area (Å²) in [5.74, 6) is -1.20. The third-order valence-electron chi connectivity index (χ3n) is 3.08. The summed E-state index contributed by atoms with van der Waals surface area (Å²) < 4.78 is 13.4. The lowest BCUT2D eigenvalue weighted by molar-refractivity contribution is -0.121. The van der Waals surface area contributed by atoms with Gasteiger partial charge in [0, 0.05) is 12.0 Å². The van der Waals surface area contributed by atoms with Crippen LogP contribution in [0.15, 0.2) is 24.3 Å². The van der Waals surface area contributed by atoms with Crippen molar-refractivity contribution in [2.75, 3.05) is 6.54 Å². The predicted octanol–water partition coefficient (Wildman–Crippen LogP) is 0.596. The normalized spacial score (nSPS) is 22.0. The highest BCUT2D eigenvalue weighted by molar-refractivity contribution is 5.98. The van der Waals surface area contributed by atoms with E-state index in [1.165, 1.54) is 12.1 Å². The Morgan fingerprint density at radius 3 is 2.84 bits per heavy atom. The van der Waals surface area contributed by atoms with Crippen molar-refractivity contribution in [2.24, 2.45) is 5.73 Å². The first-order valence-corrected chi connectivity index (χ1v) is 5.77. The fourth-order valence-electron chi connectivity index (χ4n) is 2.17. The Morgan fingerprint density at radius 1 is 1.47 bits per heavy atom. The number of hydrogen-bond donors (Lipinski definition) is 1. The molecule has 0 aromatic heterocycles. The molecule has 0 bridgehead atoms. The smallest absolute Gasteiger partial charge is 0.254 e. The summed E-state index contributed by atoms with van der Waals surface area (Å²) >= 11 is 0. The zero-order valence-electron chi connectivity index (χ0n) is 10.0. The van der Waals surface area contributed by atoms with Crippen molar-refractivity contribution in [1.29, 1.82) is 5.26 Å². The lowest BCUT2D eigenvalue weighted by Crippen LogP contribution is -2.43. The van der Waals surface area contributed by atoms with E-state index in [-0.39, 0.29) is 18.5 Å². The van der Waals surface area contributed by atoms with E-state index < -0.39 is 24.0 Å². The lowest BCUT2D eigenvalue weighted by atomic mass is 10.1. The van der Waals surface area contributed by atoms with Gasteiger partial charge in [0.15, 0.2) is 0 Å². The standard InChI is InChI=1S/C13H12FN3O2/c14-10-5-11(12(16)18)17(7-10)13(19)9-3-1-2-8(4-9)6-15/h1-4,10-11H,5,7H2,(H2,16,18)/t10-,11+/m1/s1. The summed E-state index contributed by atoms with van der Waals surface area (Å²) in [7, 11) is 0. The molecule has 1 aliphatic rings. The Hall–Kier alpha value is -2.42. The summed E-state index contributed by atoms with van der Waals surface area (Å²) in [5.41, 5.74) is 5.75. The maximum Gasteiger partial charge on any atom is 0.254 e. The molecular formula is C13H12FN3O2. The van der Waals surface area contributed by atoms with Crippen LogP contribution in [0, 0.1) is 11.3 Å². The van der Waals surface area contributed by atoms with Gasteiger partial charge in [0.25, 0.3) is 5.91 Å². The van der Waals surface area contributed by atoms with E-state index in [9.17, 15) is 14.0 Å². The number of nitrogens with two attached hydrogens (primary N) is 1. The highest BCUT2D eigenvalue weighted by atomic mass is 19.1. The Bertz CT molecular complexity index is 567. The molecule has 19 heavy (non-hydrogen) atoms. The minimum Gasteiger partial charge on any atom is -0.368 e. The summed E-state index contributed by atoms with van der Waals surface area (Å²) in [6.45, 7) is -0.150. The second kappa shape index (κ2) is 5.06. The largest absolute Gasteiger partial charge is 0.368 e. The van der Waals surface area contributed by atoms with Gasteiger partial charge in [-0.2, -0.15) is 5.26 Å². The zero-order valence-corrected chi connectivity index (χ0v) is 10.0. The SMILES string of the molecule is N#Cc1cccc(C(=O)N2C[C@H](F)C[C@H]2C(N)=O)c1. The molecule has 1 aromatic carbocycles. The topological polar surface area (TPSA) is 87.2 Å². The minimum atomic E-state index is -1.25. The van der Waals surface area contributed by atoms with Gasteiger partial charge in [-0.15, -0.1) is 0 Å². The third-order valence-corrected chi connectivity index (χ3v) is 3.08. The lowest BCUT2D eigenvalue weighted by Gasteiger charge is -2.21. The maximum atomic E-state index is 13.4. The molecule has 0 spiro atoms. The van der Waals surface area contributed by atoms with Gasteiger partial charge in [0.1, 0.15) is 12.2 Å². The van der Waals surface area contributed by atoms with E-state index >= 15 is 0 Å². The first kappa shape index (κ1) is 13.0. The van der Waals surface area contributed by atoms with Crippen LogP contribution < -0.4 is 5.73 Å². The van der Waals surface area contributed by atoms with Gasteiger partial charge in [0.2, 0.25) is 5.91 Å². The van der Waals surface area contributed by atoms with E-state index in [4.69, 9.17) is 11.0 Å². The Kier molecular flexibility index (Phi) is 3.47. The first-order chi connectivity index (χ1) is 9.02. The molecule has 6 heteroatoms. The number of nitriles is 1. The number of hydrogen-bond acceptors (Lipinski definition) is 3. The molecular weight excluding hydrogens is 249 g/mol. The van der Waals surface area contributed by atoms with E-state index in [1.807, 2.05) is 6.07 Å². The number of nitrogens with zero attached hydrogens (tertiary/aromatic N) is 2. The van der Waals surface area contributed by atoms with Gasteiger partial charge >= 0.3 is 0 Å². The molecule has 1 aliphatic heterocycles. The average molecular weight is 261 g/mol. The van der Waals surface area contributed by atoms with Crippen molar-refractivity contribution in [3.8, 4) is 6.07 Å². The fraction of sp³-hybridized carbons (Fsp3) is 0.308. The highest BCUT2D eigenvalue weighted by Crippen LogP contribution is 2.22. The molecule has 1 saturated heterocycles. The van der Waals surface area contributed by atoms with Crippen LogP contribution >= 0.6 is 0 Å². The van der Waals surface area contributed by atoms with Gasteiger partial charge in [-0.1, -0.05) is 6.07 Å². The summed E-state index contributed by atoms with van der Waals surface area (Å²) in [4.78, 5) is 24.6. The molecule has 1 heterocycles. The van der Waals surface area contributed by atoms with Crippen molar-refractivity contribution in [3.05, 3.63) is 35.4 Å². The van der Waals surface area contributed by atoms with Gasteiger partial charge < -0.3 is 10.6 Å².